The summed E-state index contributed by atoms with van der Waals surface area (Å²) in [4.78, 5) is 26.6. The first-order chi connectivity index (χ1) is 10.5. The number of hydrogen-bond donors (Lipinski definition) is 2. The van der Waals surface area contributed by atoms with Crippen molar-refractivity contribution in [2.45, 2.75) is 0 Å². The van der Waals surface area contributed by atoms with Crippen LogP contribution in [0.5, 0.6) is 5.75 Å². The third-order valence-electron chi connectivity index (χ3n) is 3.13. The molecule has 112 valence electrons. The van der Waals surface area contributed by atoms with Crippen LogP contribution >= 0.6 is 0 Å². The van der Waals surface area contributed by atoms with Crippen LogP contribution in [-0.4, -0.2) is 22.1 Å². The van der Waals surface area contributed by atoms with Crippen molar-refractivity contribution in [2.75, 3.05) is 12.3 Å². The molecule has 6 nitrogen and oxygen atoms in total. The summed E-state index contributed by atoms with van der Waals surface area (Å²) in [6, 6.07) is 10.0. The van der Waals surface area contributed by atoms with Gasteiger partial charge in [-0.1, -0.05) is 0 Å². The molecular weight excluding hydrogens is 289 g/mol. The Labute approximate surface area is 123 Å². The number of rotatable bonds is 3. The number of aromatic nitrogens is 2. The highest BCUT2D eigenvalue weighted by molar-refractivity contribution is 5.92. The monoisotopic (exact) mass is 301 g/mol. The Morgan fingerprint density at radius 1 is 1.23 bits per heavy atom. The molecule has 1 aromatic heterocycles. The lowest BCUT2D eigenvalue weighted by Crippen LogP contribution is -2.28. The molecule has 3 rings (SSSR count). The number of anilines is 1. The number of hydrogen-bond acceptors (Lipinski definition) is 4. The Kier molecular flexibility index (Phi) is 3.38. The number of carbonyl (C=O) groups excluding carboxylic acids is 1. The first-order valence-corrected chi connectivity index (χ1v) is 6.46. The lowest BCUT2D eigenvalue weighted by Gasteiger charge is -2.06. The lowest BCUT2D eigenvalue weighted by molar-refractivity contribution is 0.0839. The number of nitrogens with zero attached hydrogens (tertiary/aromatic N) is 1. The first kappa shape index (κ1) is 13.9. The Balaban J connectivity index is 1.86. The minimum atomic E-state index is -0.562. The summed E-state index contributed by atoms with van der Waals surface area (Å²) in [6.45, 7) is -0.354. The quantitative estimate of drug-likeness (QED) is 0.721. The number of nitrogen functional groups attached to an aromatic ring is 1. The zero-order valence-electron chi connectivity index (χ0n) is 11.4. The predicted octanol–water partition coefficient (Wildman–Crippen LogP) is 1.77. The van der Waals surface area contributed by atoms with Crippen molar-refractivity contribution in [2.24, 2.45) is 0 Å². The number of nitrogens with two attached hydrogens (primary N) is 1. The molecule has 0 radical (unpaired) electrons. The molecule has 0 saturated heterocycles. The van der Waals surface area contributed by atoms with Gasteiger partial charge in [0.15, 0.2) is 6.61 Å². The van der Waals surface area contributed by atoms with E-state index in [2.05, 4.69) is 4.98 Å². The molecule has 0 aliphatic heterocycles. The average molecular weight is 301 g/mol. The third kappa shape index (κ3) is 2.56. The van der Waals surface area contributed by atoms with Crippen molar-refractivity contribution in [3.05, 3.63) is 58.8 Å². The number of nitrogens with one attached hydrogen (secondary N) is 1. The maximum atomic E-state index is 12.8. The smallest absolute Gasteiger partial charge is 0.333 e. The van der Waals surface area contributed by atoms with Gasteiger partial charge in [-0.3, -0.25) is 4.79 Å². The van der Waals surface area contributed by atoms with Crippen LogP contribution < -0.4 is 16.2 Å². The van der Waals surface area contributed by atoms with Gasteiger partial charge in [-0.25, -0.2) is 13.8 Å². The predicted molar refractivity (Wildman–Crippen MR) is 79.5 cm³/mol. The average Bonchev–Trinajstić information content (AvgIpc) is 2.81. The molecule has 22 heavy (non-hydrogen) atoms. The van der Waals surface area contributed by atoms with E-state index < -0.39 is 17.4 Å². The maximum Gasteiger partial charge on any atom is 0.333 e. The highest BCUT2D eigenvalue weighted by atomic mass is 19.1. The fourth-order valence-electron chi connectivity index (χ4n) is 2.11. The van der Waals surface area contributed by atoms with Crippen LogP contribution in [-0.2, 0) is 0 Å². The molecule has 3 N–H and O–H groups in total. The summed E-state index contributed by atoms with van der Waals surface area (Å²) in [5, 5.41) is 0. The van der Waals surface area contributed by atoms with Crippen molar-refractivity contribution in [1.82, 2.24) is 9.55 Å². The van der Waals surface area contributed by atoms with Crippen molar-refractivity contribution in [3.63, 3.8) is 0 Å². The van der Waals surface area contributed by atoms with Crippen LogP contribution in [0.4, 0.5) is 10.1 Å². The Bertz CT molecular complexity index is 897. The van der Waals surface area contributed by atoms with Gasteiger partial charge in [-0.15, -0.1) is 0 Å². The van der Waals surface area contributed by atoms with E-state index in [0.29, 0.717) is 22.5 Å². The molecule has 0 aliphatic carbocycles. The molecule has 0 spiro atoms. The lowest BCUT2D eigenvalue weighted by atomic mass is 10.3. The number of H-pyrrole nitrogens is 1. The summed E-state index contributed by atoms with van der Waals surface area (Å²) in [5.41, 5.74) is 6.45. The molecule has 0 unspecified atom stereocenters. The molecule has 0 atom stereocenters. The third-order valence-corrected chi connectivity index (χ3v) is 3.13. The largest absolute Gasteiger partial charge is 0.484 e. The number of carbonyl (C=O) groups is 1. The minimum Gasteiger partial charge on any atom is -0.484 e. The van der Waals surface area contributed by atoms with Crippen LogP contribution in [0.25, 0.3) is 11.0 Å². The van der Waals surface area contributed by atoms with Gasteiger partial charge < -0.3 is 15.5 Å². The van der Waals surface area contributed by atoms with E-state index in [1.54, 1.807) is 12.1 Å². The molecule has 0 aliphatic rings. The standard InChI is InChI=1S/C15H12FN3O3/c16-9-1-4-11(5-2-9)22-8-14(20)19-13-7-10(17)3-6-12(13)18-15(19)21/h1-7H,8,17H2,(H,18,21). The fraction of sp³-hybridized carbons (Fsp3) is 0.0667. The number of imidazole rings is 1. The molecule has 0 bridgehead atoms. The molecule has 2 aromatic carbocycles. The fourth-order valence-corrected chi connectivity index (χ4v) is 2.11. The van der Waals surface area contributed by atoms with Crippen molar-refractivity contribution in [3.8, 4) is 5.75 Å². The normalized spacial score (nSPS) is 10.8. The number of ether oxygens (including phenoxy) is 1. The number of fused-ring (bicyclic) bond motifs is 1. The van der Waals surface area contributed by atoms with E-state index in [1.807, 2.05) is 0 Å². The van der Waals surface area contributed by atoms with E-state index >= 15 is 0 Å². The van der Waals surface area contributed by atoms with Crippen molar-refractivity contribution >= 4 is 22.6 Å². The van der Waals surface area contributed by atoms with E-state index in [0.717, 1.165) is 4.57 Å². The zero-order chi connectivity index (χ0) is 15.7. The Hall–Kier alpha value is -3.09. The highest BCUT2D eigenvalue weighted by Crippen LogP contribution is 2.15. The van der Waals surface area contributed by atoms with Crippen LogP contribution in [0.2, 0.25) is 0 Å². The van der Waals surface area contributed by atoms with E-state index in [9.17, 15) is 14.0 Å². The first-order valence-electron chi connectivity index (χ1n) is 6.46. The van der Waals surface area contributed by atoms with Gasteiger partial charge >= 0.3 is 5.69 Å². The summed E-state index contributed by atoms with van der Waals surface area (Å²) < 4.78 is 19.0. The molecular formula is C15H12FN3O3. The van der Waals surface area contributed by atoms with Gasteiger partial charge in [0.25, 0.3) is 5.91 Å². The van der Waals surface area contributed by atoms with Crippen LogP contribution in [0, 0.1) is 5.82 Å². The SMILES string of the molecule is Nc1ccc2[nH]c(=O)n(C(=O)COc3ccc(F)cc3)c2c1. The second kappa shape index (κ2) is 5.36. The summed E-state index contributed by atoms with van der Waals surface area (Å²) in [6.07, 6.45) is 0. The second-order valence-electron chi connectivity index (χ2n) is 4.68. The van der Waals surface area contributed by atoms with Gasteiger partial charge in [0.05, 0.1) is 11.0 Å². The molecule has 3 aromatic rings. The Morgan fingerprint density at radius 3 is 2.68 bits per heavy atom. The van der Waals surface area contributed by atoms with E-state index in [4.69, 9.17) is 10.5 Å². The number of aromatic amines is 1. The summed E-state index contributed by atoms with van der Waals surface area (Å²) in [5.74, 6) is -0.615. The van der Waals surface area contributed by atoms with Gasteiger partial charge in [-0.05, 0) is 42.5 Å². The van der Waals surface area contributed by atoms with Crippen LogP contribution in [0.3, 0.4) is 0 Å². The summed E-state index contributed by atoms with van der Waals surface area (Å²) in [7, 11) is 0. The number of halogens is 1. The minimum absolute atomic E-state index is 0.335. The van der Waals surface area contributed by atoms with E-state index in [-0.39, 0.29) is 6.61 Å². The molecule has 0 amide bonds. The zero-order valence-corrected chi connectivity index (χ0v) is 11.4. The maximum absolute atomic E-state index is 12.8. The van der Waals surface area contributed by atoms with Gasteiger partial charge in [-0.2, -0.15) is 0 Å². The molecule has 1 heterocycles. The second-order valence-corrected chi connectivity index (χ2v) is 4.68. The van der Waals surface area contributed by atoms with Gasteiger partial charge in [0.2, 0.25) is 0 Å². The number of benzene rings is 2. The highest BCUT2D eigenvalue weighted by Gasteiger charge is 2.14. The molecule has 0 fully saturated rings. The molecule has 7 heteroatoms. The van der Waals surface area contributed by atoms with Gasteiger partial charge in [0.1, 0.15) is 11.6 Å². The van der Waals surface area contributed by atoms with Crippen molar-refractivity contribution < 1.29 is 13.9 Å². The van der Waals surface area contributed by atoms with Gasteiger partial charge in [0, 0.05) is 5.69 Å². The van der Waals surface area contributed by atoms with Crippen molar-refractivity contribution in [1.29, 1.82) is 0 Å². The van der Waals surface area contributed by atoms with E-state index in [1.165, 1.54) is 30.3 Å². The topological polar surface area (TPSA) is 90.1 Å². The molecule has 0 saturated carbocycles. The Morgan fingerprint density at radius 2 is 1.95 bits per heavy atom. The van der Waals surface area contributed by atoms with Crippen LogP contribution in [0.1, 0.15) is 4.79 Å². The summed E-state index contributed by atoms with van der Waals surface area (Å²) >= 11 is 0. The van der Waals surface area contributed by atoms with Crippen LogP contribution in [0.15, 0.2) is 47.3 Å².